The number of hydrogen-bond donors (Lipinski definition) is 3. The van der Waals surface area contributed by atoms with Crippen LogP contribution < -0.4 is 16.9 Å². The standard InChI is InChI=1S/C17H19FN4O2/c1-11-5-7-12(8-6-11)9-21-15(23)10-22(20)17(24)16-13(18)3-2-4-14(16)19/h2-8H,9-10,19-20H2,1H3,(H,21,23). The zero-order valence-corrected chi connectivity index (χ0v) is 13.3. The van der Waals surface area contributed by atoms with Crippen molar-refractivity contribution in [1.29, 1.82) is 0 Å². The largest absolute Gasteiger partial charge is 0.398 e. The van der Waals surface area contributed by atoms with Crippen LogP contribution in [0.3, 0.4) is 0 Å². The molecule has 2 aromatic rings. The molecule has 5 N–H and O–H groups in total. The van der Waals surface area contributed by atoms with Gasteiger partial charge in [0.1, 0.15) is 12.4 Å². The first-order valence-electron chi connectivity index (χ1n) is 7.31. The lowest BCUT2D eigenvalue weighted by Gasteiger charge is -2.17. The van der Waals surface area contributed by atoms with Crippen LogP contribution in [0.1, 0.15) is 21.5 Å². The molecule has 0 atom stereocenters. The molecule has 0 radical (unpaired) electrons. The number of carbonyl (C=O) groups is 2. The van der Waals surface area contributed by atoms with Crippen molar-refractivity contribution in [2.24, 2.45) is 5.84 Å². The zero-order chi connectivity index (χ0) is 17.7. The van der Waals surface area contributed by atoms with Gasteiger partial charge in [-0.2, -0.15) is 0 Å². The molecule has 0 saturated heterocycles. The average molecular weight is 330 g/mol. The van der Waals surface area contributed by atoms with E-state index in [-0.39, 0.29) is 11.3 Å². The Balaban J connectivity index is 1.93. The van der Waals surface area contributed by atoms with Gasteiger partial charge in [-0.25, -0.2) is 10.2 Å². The molecular formula is C17H19FN4O2. The van der Waals surface area contributed by atoms with E-state index in [0.29, 0.717) is 11.6 Å². The van der Waals surface area contributed by atoms with E-state index in [1.54, 1.807) is 0 Å². The van der Waals surface area contributed by atoms with E-state index in [2.05, 4.69) is 5.32 Å². The summed E-state index contributed by atoms with van der Waals surface area (Å²) in [5, 5.41) is 3.29. The summed E-state index contributed by atoms with van der Waals surface area (Å²) >= 11 is 0. The third-order valence-corrected chi connectivity index (χ3v) is 3.44. The summed E-state index contributed by atoms with van der Waals surface area (Å²) < 4.78 is 13.7. The molecular weight excluding hydrogens is 311 g/mol. The van der Waals surface area contributed by atoms with Crippen LogP contribution in [0.4, 0.5) is 10.1 Å². The maximum atomic E-state index is 13.7. The second kappa shape index (κ2) is 7.56. The minimum absolute atomic E-state index is 0.0319. The molecule has 0 aliphatic heterocycles. The maximum Gasteiger partial charge on any atom is 0.273 e. The van der Waals surface area contributed by atoms with Crippen molar-refractivity contribution in [3.63, 3.8) is 0 Å². The number of amides is 2. The first-order chi connectivity index (χ1) is 11.4. The van der Waals surface area contributed by atoms with Gasteiger partial charge in [-0.05, 0) is 24.6 Å². The maximum absolute atomic E-state index is 13.7. The number of nitrogens with one attached hydrogen (secondary N) is 1. The second-order valence-corrected chi connectivity index (χ2v) is 5.40. The molecule has 2 rings (SSSR count). The fourth-order valence-electron chi connectivity index (χ4n) is 2.10. The highest BCUT2D eigenvalue weighted by molar-refractivity contribution is 6.00. The fraction of sp³-hybridized carbons (Fsp3) is 0.176. The summed E-state index contributed by atoms with van der Waals surface area (Å²) in [5.74, 6) is 3.49. The number of hydrazine groups is 1. The van der Waals surface area contributed by atoms with Gasteiger partial charge in [0.05, 0.1) is 5.56 Å². The second-order valence-electron chi connectivity index (χ2n) is 5.40. The van der Waals surface area contributed by atoms with Crippen LogP contribution in [-0.2, 0) is 11.3 Å². The Hall–Kier alpha value is -2.93. The Bertz CT molecular complexity index is 727. The summed E-state index contributed by atoms with van der Waals surface area (Å²) in [7, 11) is 0. The molecule has 0 saturated carbocycles. The topological polar surface area (TPSA) is 101 Å². The van der Waals surface area contributed by atoms with Crippen LogP contribution in [-0.4, -0.2) is 23.4 Å². The highest BCUT2D eigenvalue weighted by Gasteiger charge is 2.21. The number of nitrogens with zero attached hydrogens (tertiary/aromatic N) is 1. The SMILES string of the molecule is Cc1ccc(CNC(=O)CN(N)C(=O)c2c(N)cccc2F)cc1. The van der Waals surface area contributed by atoms with Gasteiger partial charge >= 0.3 is 0 Å². The number of hydrogen-bond acceptors (Lipinski definition) is 4. The molecule has 0 spiro atoms. The molecule has 0 aromatic heterocycles. The van der Waals surface area contributed by atoms with Crippen molar-refractivity contribution in [2.45, 2.75) is 13.5 Å². The van der Waals surface area contributed by atoms with Crippen molar-refractivity contribution in [3.05, 3.63) is 65.0 Å². The molecule has 126 valence electrons. The van der Waals surface area contributed by atoms with Crippen LogP contribution in [0.25, 0.3) is 0 Å². The number of rotatable bonds is 5. The zero-order valence-electron chi connectivity index (χ0n) is 13.3. The molecule has 6 nitrogen and oxygen atoms in total. The van der Waals surface area contributed by atoms with Gasteiger partial charge in [0.2, 0.25) is 5.91 Å². The smallest absolute Gasteiger partial charge is 0.273 e. The van der Waals surface area contributed by atoms with Crippen LogP contribution >= 0.6 is 0 Å². The van der Waals surface area contributed by atoms with Gasteiger partial charge in [-0.15, -0.1) is 0 Å². The number of aryl methyl sites for hydroxylation is 1. The first-order valence-corrected chi connectivity index (χ1v) is 7.31. The molecule has 0 aliphatic carbocycles. The minimum Gasteiger partial charge on any atom is -0.398 e. The van der Waals surface area contributed by atoms with Crippen molar-refractivity contribution in [2.75, 3.05) is 12.3 Å². The molecule has 7 heteroatoms. The van der Waals surface area contributed by atoms with Crippen LogP contribution in [0.15, 0.2) is 42.5 Å². The van der Waals surface area contributed by atoms with E-state index < -0.39 is 24.2 Å². The van der Waals surface area contributed by atoms with Crippen molar-refractivity contribution in [1.82, 2.24) is 10.3 Å². The Morgan fingerprint density at radius 1 is 1.17 bits per heavy atom. The van der Waals surface area contributed by atoms with E-state index in [9.17, 15) is 14.0 Å². The van der Waals surface area contributed by atoms with Gasteiger partial charge < -0.3 is 11.1 Å². The monoisotopic (exact) mass is 330 g/mol. The Kier molecular flexibility index (Phi) is 5.49. The van der Waals surface area contributed by atoms with Crippen molar-refractivity contribution < 1.29 is 14.0 Å². The number of carbonyl (C=O) groups excluding carboxylic acids is 2. The van der Waals surface area contributed by atoms with E-state index in [1.165, 1.54) is 12.1 Å². The lowest BCUT2D eigenvalue weighted by molar-refractivity contribution is -0.122. The molecule has 0 fully saturated rings. The van der Waals surface area contributed by atoms with Crippen molar-refractivity contribution in [3.8, 4) is 0 Å². The summed E-state index contributed by atoms with van der Waals surface area (Å²) in [4.78, 5) is 24.0. The molecule has 0 bridgehead atoms. The van der Waals surface area contributed by atoms with Crippen LogP contribution in [0.2, 0.25) is 0 Å². The molecule has 0 heterocycles. The third-order valence-electron chi connectivity index (χ3n) is 3.44. The van der Waals surface area contributed by atoms with E-state index >= 15 is 0 Å². The van der Waals surface area contributed by atoms with Crippen molar-refractivity contribution >= 4 is 17.5 Å². The van der Waals surface area contributed by atoms with Gasteiger partial charge in [-0.3, -0.25) is 14.6 Å². The molecule has 0 unspecified atom stereocenters. The van der Waals surface area contributed by atoms with Gasteiger partial charge in [-0.1, -0.05) is 35.9 Å². The molecule has 2 amide bonds. The first kappa shape index (κ1) is 17.4. The summed E-state index contributed by atoms with van der Waals surface area (Å²) in [6.45, 7) is 1.87. The average Bonchev–Trinajstić information content (AvgIpc) is 2.54. The van der Waals surface area contributed by atoms with E-state index in [4.69, 9.17) is 11.6 Å². The van der Waals surface area contributed by atoms with Gasteiger partial charge in [0.15, 0.2) is 0 Å². The Morgan fingerprint density at radius 2 is 1.83 bits per heavy atom. The van der Waals surface area contributed by atoms with E-state index in [1.807, 2.05) is 31.2 Å². The normalized spacial score (nSPS) is 10.3. The lowest BCUT2D eigenvalue weighted by atomic mass is 10.1. The predicted octanol–water partition coefficient (Wildman–Crippen LogP) is 1.35. The number of halogens is 1. The van der Waals surface area contributed by atoms with E-state index in [0.717, 1.165) is 17.2 Å². The summed E-state index contributed by atoms with van der Waals surface area (Å²) in [5.41, 5.74) is 7.26. The Labute approximate surface area is 139 Å². The highest BCUT2D eigenvalue weighted by atomic mass is 19.1. The molecule has 2 aromatic carbocycles. The van der Waals surface area contributed by atoms with Crippen LogP contribution in [0, 0.1) is 12.7 Å². The number of anilines is 1. The number of benzene rings is 2. The fourth-order valence-corrected chi connectivity index (χ4v) is 2.10. The summed E-state index contributed by atoms with van der Waals surface area (Å²) in [6, 6.07) is 11.5. The number of nitrogens with two attached hydrogens (primary N) is 2. The number of nitrogen functional groups attached to an aromatic ring is 1. The third kappa shape index (κ3) is 4.30. The minimum atomic E-state index is -0.851. The molecule has 24 heavy (non-hydrogen) atoms. The predicted molar refractivity (Wildman–Crippen MR) is 89.1 cm³/mol. The highest BCUT2D eigenvalue weighted by Crippen LogP contribution is 2.16. The van der Waals surface area contributed by atoms with Gasteiger partial charge in [0, 0.05) is 12.2 Å². The molecule has 0 aliphatic rings. The lowest BCUT2D eigenvalue weighted by Crippen LogP contribution is -2.45. The Morgan fingerprint density at radius 3 is 2.46 bits per heavy atom. The summed E-state index contributed by atoms with van der Waals surface area (Å²) in [6.07, 6.45) is 0. The quantitative estimate of drug-likeness (QED) is 0.333. The van der Waals surface area contributed by atoms with Crippen LogP contribution in [0.5, 0.6) is 0 Å². The van der Waals surface area contributed by atoms with Gasteiger partial charge in [0.25, 0.3) is 5.91 Å².